The van der Waals surface area contributed by atoms with Gasteiger partial charge in [0.25, 0.3) is 0 Å². The summed E-state index contributed by atoms with van der Waals surface area (Å²) >= 11 is 0. The van der Waals surface area contributed by atoms with Crippen LogP contribution in [0.2, 0.25) is 57.4 Å². The molecule has 19 heavy (non-hydrogen) atoms. The first kappa shape index (κ1) is 19.6. The van der Waals surface area contributed by atoms with Crippen molar-refractivity contribution in [3.05, 3.63) is 0 Å². The minimum atomic E-state index is -1.67. The van der Waals surface area contributed by atoms with Gasteiger partial charge in [-0.2, -0.15) is 0 Å². The summed E-state index contributed by atoms with van der Waals surface area (Å²) in [5, 5.41) is 0. The quantitative estimate of drug-likeness (QED) is 0.577. The van der Waals surface area contributed by atoms with Crippen LogP contribution in [0.15, 0.2) is 0 Å². The Morgan fingerprint density at radius 1 is 0.579 bits per heavy atom. The Balaban J connectivity index is 4.84. The summed E-state index contributed by atoms with van der Waals surface area (Å²) in [6.07, 6.45) is 0. The van der Waals surface area contributed by atoms with Gasteiger partial charge in [0, 0.05) is 0 Å². The molecule has 0 radical (unpaired) electrons. The molecule has 7 heteroatoms. The summed E-state index contributed by atoms with van der Waals surface area (Å²) in [4.78, 5) is 0. The number of hydrogen-bond acceptors (Lipinski definition) is 3. The first-order valence-corrected chi connectivity index (χ1v) is 16.8. The zero-order valence-corrected chi connectivity index (χ0v) is 17.4. The van der Waals surface area contributed by atoms with Crippen LogP contribution in [0.1, 0.15) is 20.8 Å². The molecule has 0 unspecified atom stereocenters. The van der Waals surface area contributed by atoms with Crippen LogP contribution in [0.3, 0.4) is 0 Å². The molecule has 0 aromatic carbocycles. The van der Waals surface area contributed by atoms with E-state index in [4.69, 9.17) is 13.0 Å². The number of rotatable bonds is 9. The van der Waals surface area contributed by atoms with Gasteiger partial charge in [0.15, 0.2) is 25.0 Å². The predicted molar refractivity (Wildman–Crippen MR) is 92.9 cm³/mol. The lowest BCUT2D eigenvalue weighted by atomic mass is 10.3. The molecule has 0 N–H and O–H groups in total. The van der Waals surface area contributed by atoms with Crippen LogP contribution < -0.4 is 0 Å². The molecule has 0 fully saturated rings. The molecule has 0 heterocycles. The highest BCUT2D eigenvalue weighted by atomic mass is 28.4. The second-order valence-electron chi connectivity index (χ2n) is 6.98. The van der Waals surface area contributed by atoms with E-state index < -0.39 is 32.3 Å². The fourth-order valence-corrected chi connectivity index (χ4v) is 3.74. The molecule has 0 aromatic rings. The van der Waals surface area contributed by atoms with Crippen LogP contribution in [-0.2, 0) is 13.0 Å². The highest BCUT2D eigenvalue weighted by Gasteiger charge is 2.39. The molecular formula is C12H33BO3Si3. The van der Waals surface area contributed by atoms with E-state index in [0.717, 1.165) is 18.1 Å². The summed E-state index contributed by atoms with van der Waals surface area (Å²) < 4.78 is 18.7. The van der Waals surface area contributed by atoms with Gasteiger partial charge in [-0.3, -0.25) is 0 Å². The first-order chi connectivity index (χ1) is 8.47. The Bertz CT molecular complexity index is 230. The average molecular weight is 320 g/mol. The predicted octanol–water partition coefficient (Wildman–Crippen LogP) is 4.70. The fraction of sp³-hybridized carbons (Fsp3) is 1.00. The van der Waals surface area contributed by atoms with Gasteiger partial charge in [0.1, 0.15) is 0 Å². The van der Waals surface area contributed by atoms with Gasteiger partial charge < -0.3 is 13.0 Å². The molecule has 0 amide bonds. The van der Waals surface area contributed by atoms with Gasteiger partial charge >= 0.3 is 7.32 Å². The minimum Gasteiger partial charge on any atom is -0.429 e. The van der Waals surface area contributed by atoms with Crippen molar-refractivity contribution in [1.82, 2.24) is 0 Å². The second-order valence-corrected chi connectivity index (χ2v) is 20.4. The van der Waals surface area contributed by atoms with Crippen LogP contribution in [0.4, 0.5) is 0 Å². The van der Waals surface area contributed by atoms with Crippen molar-refractivity contribution in [3.63, 3.8) is 0 Å². The van der Waals surface area contributed by atoms with Crippen LogP contribution in [0.25, 0.3) is 0 Å². The molecule has 0 aliphatic rings. The summed E-state index contributed by atoms with van der Waals surface area (Å²) in [6, 6.07) is 3.25. The van der Waals surface area contributed by atoms with E-state index in [1.165, 1.54) is 0 Å². The maximum Gasteiger partial charge on any atom is 0.606 e. The third-order valence-electron chi connectivity index (χ3n) is 3.80. The van der Waals surface area contributed by atoms with Gasteiger partial charge in [-0.05, 0) is 57.4 Å². The lowest BCUT2D eigenvalue weighted by molar-refractivity contribution is 0.295. The molecule has 0 rings (SSSR count). The van der Waals surface area contributed by atoms with Crippen molar-refractivity contribution in [1.29, 1.82) is 0 Å². The lowest BCUT2D eigenvalue weighted by Crippen LogP contribution is -2.51. The molecule has 0 spiro atoms. The minimum absolute atomic E-state index is 0.440. The molecule has 0 saturated carbocycles. The van der Waals surface area contributed by atoms with Gasteiger partial charge in [-0.25, -0.2) is 0 Å². The van der Waals surface area contributed by atoms with E-state index in [1.54, 1.807) is 0 Å². The zero-order valence-electron chi connectivity index (χ0n) is 14.4. The van der Waals surface area contributed by atoms with E-state index in [1.807, 2.05) is 0 Å². The summed E-state index contributed by atoms with van der Waals surface area (Å²) in [7, 11) is -5.45. The van der Waals surface area contributed by atoms with E-state index in [0.29, 0.717) is 0 Å². The molecule has 0 aliphatic carbocycles. The maximum atomic E-state index is 6.23. The fourth-order valence-electron chi connectivity index (χ4n) is 1.10. The van der Waals surface area contributed by atoms with Crippen LogP contribution >= 0.6 is 0 Å². The summed E-state index contributed by atoms with van der Waals surface area (Å²) in [5.41, 5.74) is 0. The molecular weight excluding hydrogens is 287 g/mol. The van der Waals surface area contributed by atoms with Gasteiger partial charge in [-0.1, -0.05) is 20.8 Å². The first-order valence-electron chi connectivity index (χ1n) is 7.50. The highest BCUT2D eigenvalue weighted by molar-refractivity contribution is 6.84. The van der Waals surface area contributed by atoms with Crippen molar-refractivity contribution in [3.8, 4) is 0 Å². The van der Waals surface area contributed by atoms with Crippen molar-refractivity contribution in [2.75, 3.05) is 0 Å². The Kier molecular flexibility index (Phi) is 7.80. The second kappa shape index (κ2) is 7.56. The molecule has 0 aliphatic heterocycles. The standard InChI is InChI=1S/C12H33BO3Si3/c1-10-17(4,5)14-13(15-18(6,7)11-2)16-19(8,9)12-3/h10-12H2,1-9H3. The van der Waals surface area contributed by atoms with Crippen LogP contribution in [0, 0.1) is 0 Å². The monoisotopic (exact) mass is 320 g/mol. The Labute approximate surface area is 124 Å². The Morgan fingerprint density at radius 3 is 0.947 bits per heavy atom. The topological polar surface area (TPSA) is 27.7 Å². The van der Waals surface area contributed by atoms with Crippen molar-refractivity contribution < 1.29 is 13.0 Å². The van der Waals surface area contributed by atoms with E-state index in [2.05, 4.69) is 60.1 Å². The molecule has 0 atom stereocenters. The molecule has 0 saturated heterocycles. The normalized spacial score (nSPS) is 13.7. The number of hydrogen-bond donors (Lipinski definition) is 0. The van der Waals surface area contributed by atoms with E-state index >= 15 is 0 Å². The third-order valence-corrected chi connectivity index (χ3v) is 11.4. The van der Waals surface area contributed by atoms with Crippen LogP contribution in [-0.4, -0.2) is 32.3 Å². The maximum absolute atomic E-state index is 6.23. The van der Waals surface area contributed by atoms with E-state index in [-0.39, 0.29) is 0 Å². The van der Waals surface area contributed by atoms with Crippen molar-refractivity contribution >= 4 is 32.3 Å². The SMILES string of the molecule is CC[Si](C)(C)OB(O[Si](C)(C)CC)O[Si](C)(C)CC. The zero-order chi connectivity index (χ0) is 15.3. The molecule has 3 nitrogen and oxygen atoms in total. The van der Waals surface area contributed by atoms with E-state index in [9.17, 15) is 0 Å². The van der Waals surface area contributed by atoms with Gasteiger partial charge in [-0.15, -0.1) is 0 Å². The van der Waals surface area contributed by atoms with Crippen molar-refractivity contribution in [2.24, 2.45) is 0 Å². The average Bonchev–Trinajstić information content (AvgIpc) is 2.27. The molecule has 0 aromatic heterocycles. The summed E-state index contributed by atoms with van der Waals surface area (Å²) in [5.74, 6) is 0. The van der Waals surface area contributed by atoms with Gasteiger partial charge in [0.2, 0.25) is 0 Å². The highest BCUT2D eigenvalue weighted by Crippen LogP contribution is 2.21. The summed E-state index contributed by atoms with van der Waals surface area (Å²) in [6.45, 7) is 19.9. The van der Waals surface area contributed by atoms with Gasteiger partial charge in [0.05, 0.1) is 0 Å². The van der Waals surface area contributed by atoms with Crippen LogP contribution in [0.5, 0.6) is 0 Å². The third kappa shape index (κ3) is 8.47. The lowest BCUT2D eigenvalue weighted by Gasteiger charge is -2.34. The molecule has 114 valence electrons. The largest absolute Gasteiger partial charge is 0.606 e. The smallest absolute Gasteiger partial charge is 0.429 e. The molecule has 0 bridgehead atoms. The Hall–Kier alpha value is 0.596. The Morgan fingerprint density at radius 2 is 0.789 bits per heavy atom. The van der Waals surface area contributed by atoms with Crippen molar-refractivity contribution in [2.45, 2.75) is 78.2 Å².